The molecule has 3 aromatic heterocycles. The Bertz CT molecular complexity index is 1380. The van der Waals surface area contributed by atoms with Gasteiger partial charge in [0.05, 0.1) is 18.4 Å². The lowest BCUT2D eigenvalue weighted by molar-refractivity contribution is 0.0861. The molecule has 0 spiro atoms. The molecule has 192 valence electrons. The Morgan fingerprint density at radius 1 is 1.08 bits per heavy atom. The van der Waals surface area contributed by atoms with Gasteiger partial charge >= 0.3 is 0 Å². The van der Waals surface area contributed by atoms with Crippen molar-refractivity contribution in [1.82, 2.24) is 19.9 Å². The molecule has 3 unspecified atom stereocenters. The van der Waals surface area contributed by atoms with Gasteiger partial charge in [-0.25, -0.2) is 17.6 Å². The average Bonchev–Trinajstić information content (AvgIpc) is 3.57. The van der Waals surface area contributed by atoms with Crippen LogP contribution in [0.2, 0.25) is 0 Å². The predicted molar refractivity (Wildman–Crippen MR) is 126 cm³/mol. The van der Waals surface area contributed by atoms with Crippen molar-refractivity contribution in [3.8, 4) is 11.5 Å². The van der Waals surface area contributed by atoms with Crippen molar-refractivity contribution >= 4 is 11.6 Å². The lowest BCUT2D eigenvalue weighted by Gasteiger charge is -2.31. The van der Waals surface area contributed by atoms with Crippen LogP contribution in [0.15, 0.2) is 65.6 Å². The Morgan fingerprint density at radius 3 is 2.70 bits per heavy atom. The summed E-state index contributed by atoms with van der Waals surface area (Å²) in [5.74, 6) is -2.40. The number of aromatic nitrogens is 4. The zero-order valence-electron chi connectivity index (χ0n) is 19.6. The number of anilines is 1. The molecule has 1 aromatic carbocycles. The minimum atomic E-state index is -1.59. The second-order valence-electron chi connectivity index (χ2n) is 9.06. The Hall–Kier alpha value is -4.02. The van der Waals surface area contributed by atoms with E-state index in [1.807, 2.05) is 0 Å². The van der Waals surface area contributed by atoms with Gasteiger partial charge in [-0.1, -0.05) is 17.3 Å². The van der Waals surface area contributed by atoms with Crippen molar-refractivity contribution in [2.45, 2.75) is 38.2 Å². The van der Waals surface area contributed by atoms with Gasteiger partial charge in [-0.2, -0.15) is 5.10 Å². The molecule has 1 amide bonds. The second kappa shape index (κ2) is 10.5. The Kier molecular flexibility index (Phi) is 7.02. The highest BCUT2D eigenvalue weighted by Crippen LogP contribution is 2.31. The van der Waals surface area contributed by atoms with Gasteiger partial charge in [0.15, 0.2) is 23.1 Å². The van der Waals surface area contributed by atoms with Crippen LogP contribution in [-0.2, 0) is 6.54 Å². The van der Waals surface area contributed by atoms with Gasteiger partial charge in [-0.3, -0.25) is 14.5 Å². The quantitative estimate of drug-likeness (QED) is 0.310. The van der Waals surface area contributed by atoms with Crippen LogP contribution in [0.3, 0.4) is 0 Å². The summed E-state index contributed by atoms with van der Waals surface area (Å²) in [5, 5.41) is 8.16. The Morgan fingerprint density at radius 2 is 1.95 bits per heavy atom. The maximum absolute atomic E-state index is 14.1. The van der Waals surface area contributed by atoms with E-state index in [9.17, 15) is 22.4 Å². The van der Waals surface area contributed by atoms with Crippen LogP contribution in [0.4, 0.5) is 23.2 Å². The summed E-state index contributed by atoms with van der Waals surface area (Å²) in [6, 6.07) is 10.2. The molecule has 0 aliphatic heterocycles. The molecule has 0 N–H and O–H groups in total. The van der Waals surface area contributed by atoms with Crippen molar-refractivity contribution in [1.29, 1.82) is 0 Å². The van der Waals surface area contributed by atoms with E-state index in [4.69, 9.17) is 4.52 Å². The summed E-state index contributed by atoms with van der Waals surface area (Å²) in [5.41, 5.74) is 1.39. The molecule has 3 heterocycles. The van der Waals surface area contributed by atoms with Crippen LogP contribution in [0.1, 0.15) is 35.3 Å². The molecule has 1 fully saturated rings. The fraction of sp³-hybridized carbons (Fsp3) is 0.308. The predicted octanol–water partition coefficient (Wildman–Crippen LogP) is 5.38. The molecule has 0 bridgehead atoms. The smallest absolute Gasteiger partial charge is 0.280 e. The fourth-order valence-electron chi connectivity index (χ4n) is 4.44. The van der Waals surface area contributed by atoms with E-state index in [1.165, 1.54) is 27.9 Å². The van der Waals surface area contributed by atoms with Crippen LogP contribution in [0.5, 0.6) is 0 Å². The zero-order chi connectivity index (χ0) is 25.9. The van der Waals surface area contributed by atoms with Gasteiger partial charge in [0, 0.05) is 25.0 Å². The first-order valence-corrected chi connectivity index (χ1v) is 11.8. The van der Waals surface area contributed by atoms with E-state index in [0.717, 1.165) is 12.1 Å². The van der Waals surface area contributed by atoms with Crippen LogP contribution in [0.25, 0.3) is 11.5 Å². The molecule has 5 rings (SSSR count). The number of alkyl halides is 2. The fourth-order valence-corrected chi connectivity index (χ4v) is 4.44. The molecule has 3 atom stereocenters. The lowest BCUT2D eigenvalue weighted by Crippen LogP contribution is -2.39. The number of rotatable bonds is 7. The summed E-state index contributed by atoms with van der Waals surface area (Å²) >= 11 is 0. The first-order valence-electron chi connectivity index (χ1n) is 11.8. The number of hydrogen-bond donors (Lipinski definition) is 0. The second-order valence-corrected chi connectivity index (χ2v) is 9.06. The van der Waals surface area contributed by atoms with Crippen LogP contribution in [-0.4, -0.2) is 44.7 Å². The molecule has 0 radical (unpaired) electrons. The van der Waals surface area contributed by atoms with Gasteiger partial charge in [0.1, 0.15) is 18.0 Å². The Labute approximate surface area is 209 Å². The highest BCUT2D eigenvalue weighted by molar-refractivity contribution is 6.05. The standard InChI is InChI=1S/C26H23F4N5O2/c27-19-6-4-16(9-21(19)29)13-34-15-18(12-32-34)35(14-17-5-7-20(28)22(30)10-17)26(36)24-11-25(37-33-24)23-3-1-2-8-31-23/h1-4,6,8-9,11-12,15,17,20,22H,5,7,10,13-14H2. The molecule has 0 saturated heterocycles. The maximum atomic E-state index is 14.1. The molecular weight excluding hydrogens is 490 g/mol. The van der Waals surface area contributed by atoms with Crippen molar-refractivity contribution in [2.24, 2.45) is 5.92 Å². The van der Waals surface area contributed by atoms with Crippen molar-refractivity contribution in [3.05, 3.63) is 83.9 Å². The highest BCUT2D eigenvalue weighted by Gasteiger charge is 2.33. The number of carbonyl (C=O) groups excluding carboxylic acids is 1. The maximum Gasteiger partial charge on any atom is 0.280 e. The van der Waals surface area contributed by atoms with Gasteiger partial charge in [-0.05, 0) is 55.0 Å². The first-order chi connectivity index (χ1) is 17.9. The number of hydrogen-bond acceptors (Lipinski definition) is 5. The van der Waals surface area contributed by atoms with Gasteiger partial charge < -0.3 is 9.42 Å². The van der Waals surface area contributed by atoms with Crippen LogP contribution < -0.4 is 4.90 Å². The number of nitrogens with zero attached hydrogens (tertiary/aromatic N) is 5. The minimum Gasteiger partial charge on any atom is -0.354 e. The van der Waals surface area contributed by atoms with E-state index in [2.05, 4.69) is 15.2 Å². The minimum absolute atomic E-state index is 0.00800. The molecule has 37 heavy (non-hydrogen) atoms. The molecule has 1 aliphatic carbocycles. The molecule has 4 aromatic rings. The van der Waals surface area contributed by atoms with E-state index in [0.29, 0.717) is 29.1 Å². The summed E-state index contributed by atoms with van der Waals surface area (Å²) < 4.78 is 61.5. The molecule has 1 saturated carbocycles. The summed E-state index contributed by atoms with van der Waals surface area (Å²) in [7, 11) is 0. The van der Waals surface area contributed by atoms with Gasteiger partial charge in [-0.15, -0.1) is 0 Å². The number of carbonyl (C=O) groups is 1. The van der Waals surface area contributed by atoms with Crippen molar-refractivity contribution in [2.75, 3.05) is 11.4 Å². The molecule has 11 heteroatoms. The number of amides is 1. The number of pyridine rings is 1. The summed E-state index contributed by atoms with van der Waals surface area (Å²) in [4.78, 5) is 19.1. The van der Waals surface area contributed by atoms with E-state index in [1.54, 1.807) is 30.6 Å². The average molecular weight is 513 g/mol. The van der Waals surface area contributed by atoms with Crippen molar-refractivity contribution < 1.29 is 26.9 Å². The van der Waals surface area contributed by atoms with Crippen molar-refractivity contribution in [3.63, 3.8) is 0 Å². The van der Waals surface area contributed by atoms with E-state index < -0.39 is 29.9 Å². The molecule has 7 nitrogen and oxygen atoms in total. The summed E-state index contributed by atoms with van der Waals surface area (Å²) in [6.45, 7) is 0.251. The zero-order valence-corrected chi connectivity index (χ0v) is 19.6. The highest BCUT2D eigenvalue weighted by atomic mass is 19.2. The largest absolute Gasteiger partial charge is 0.354 e. The summed E-state index contributed by atoms with van der Waals surface area (Å²) in [6.07, 6.45) is 2.01. The van der Waals surface area contributed by atoms with Gasteiger partial charge in [0.2, 0.25) is 0 Å². The first kappa shape index (κ1) is 24.7. The monoisotopic (exact) mass is 513 g/mol. The Balaban J connectivity index is 1.40. The number of benzene rings is 1. The van der Waals surface area contributed by atoms with Crippen LogP contribution >= 0.6 is 0 Å². The molecule has 1 aliphatic rings. The van der Waals surface area contributed by atoms with E-state index >= 15 is 0 Å². The third kappa shape index (κ3) is 5.55. The van der Waals surface area contributed by atoms with E-state index in [-0.39, 0.29) is 37.5 Å². The SMILES string of the molecule is O=C(c1cc(-c2ccccn2)on1)N(CC1CCC(F)C(F)C1)c1cnn(Cc2ccc(F)c(F)c2)c1. The number of halogens is 4. The normalized spacial score (nSPS) is 19.6. The van der Waals surface area contributed by atoms with Gasteiger partial charge in [0.25, 0.3) is 5.91 Å². The lowest BCUT2D eigenvalue weighted by atomic mass is 9.86. The third-order valence-corrected chi connectivity index (χ3v) is 6.39. The van der Waals surface area contributed by atoms with Crippen LogP contribution in [0, 0.1) is 17.6 Å². The third-order valence-electron chi connectivity index (χ3n) is 6.39. The topological polar surface area (TPSA) is 77.1 Å². The molecular formula is C26H23F4N5O2.